The fourth-order valence-corrected chi connectivity index (χ4v) is 3.03. The predicted octanol–water partition coefficient (Wildman–Crippen LogP) is 2.15. The van der Waals surface area contributed by atoms with Crippen LogP contribution in [0.3, 0.4) is 0 Å². The first-order chi connectivity index (χ1) is 7.93. The fraction of sp³-hybridized carbons (Fsp3) is 0.929. The van der Waals surface area contributed by atoms with Crippen molar-refractivity contribution < 1.29 is 4.79 Å². The van der Waals surface area contributed by atoms with E-state index in [1.807, 2.05) is 18.9 Å². The van der Waals surface area contributed by atoms with E-state index in [0.717, 1.165) is 31.6 Å². The van der Waals surface area contributed by atoms with Crippen LogP contribution in [0.5, 0.6) is 0 Å². The Morgan fingerprint density at radius 2 is 1.71 bits per heavy atom. The van der Waals surface area contributed by atoms with Gasteiger partial charge in [0.05, 0.1) is 5.54 Å². The summed E-state index contributed by atoms with van der Waals surface area (Å²) in [7, 11) is 1.94. The zero-order chi connectivity index (χ0) is 12.6. The molecule has 98 valence electrons. The second kappa shape index (κ2) is 4.60. The number of carbonyl (C=O) groups is 1. The lowest BCUT2D eigenvalue weighted by molar-refractivity contribution is -0.138. The van der Waals surface area contributed by atoms with E-state index in [0.29, 0.717) is 12.0 Å². The van der Waals surface area contributed by atoms with Crippen LogP contribution in [-0.2, 0) is 4.79 Å². The molecule has 2 aliphatic carbocycles. The zero-order valence-electron chi connectivity index (χ0n) is 11.4. The van der Waals surface area contributed by atoms with Crippen molar-refractivity contribution in [3.05, 3.63) is 0 Å². The van der Waals surface area contributed by atoms with Crippen LogP contribution in [0.4, 0.5) is 0 Å². The lowest BCUT2D eigenvalue weighted by Gasteiger charge is -2.38. The molecule has 2 fully saturated rings. The fourth-order valence-electron chi connectivity index (χ4n) is 3.03. The van der Waals surface area contributed by atoms with Crippen molar-refractivity contribution in [2.24, 2.45) is 17.6 Å². The molecule has 0 aromatic rings. The maximum atomic E-state index is 12.4. The summed E-state index contributed by atoms with van der Waals surface area (Å²) in [4.78, 5) is 14.4. The predicted molar refractivity (Wildman–Crippen MR) is 69.5 cm³/mol. The van der Waals surface area contributed by atoms with Gasteiger partial charge in [0.2, 0.25) is 5.91 Å². The minimum atomic E-state index is -0.627. The van der Waals surface area contributed by atoms with Crippen LogP contribution in [0.15, 0.2) is 0 Å². The number of amides is 1. The van der Waals surface area contributed by atoms with Gasteiger partial charge in [0, 0.05) is 13.1 Å². The van der Waals surface area contributed by atoms with E-state index in [2.05, 4.69) is 6.92 Å². The summed E-state index contributed by atoms with van der Waals surface area (Å²) in [5.74, 6) is 1.39. The van der Waals surface area contributed by atoms with Gasteiger partial charge >= 0.3 is 0 Å². The summed E-state index contributed by atoms with van der Waals surface area (Å²) in [6.45, 7) is 4.21. The van der Waals surface area contributed by atoms with E-state index < -0.39 is 5.54 Å². The quantitative estimate of drug-likeness (QED) is 0.819. The Morgan fingerprint density at radius 1 is 1.18 bits per heavy atom. The second-order valence-corrected chi connectivity index (χ2v) is 6.39. The molecule has 17 heavy (non-hydrogen) atoms. The van der Waals surface area contributed by atoms with Crippen LogP contribution in [0, 0.1) is 11.8 Å². The van der Waals surface area contributed by atoms with Crippen LogP contribution in [0.25, 0.3) is 0 Å². The Morgan fingerprint density at radius 3 is 2.18 bits per heavy atom. The topological polar surface area (TPSA) is 46.3 Å². The molecule has 2 aliphatic rings. The summed E-state index contributed by atoms with van der Waals surface area (Å²) < 4.78 is 0. The summed E-state index contributed by atoms with van der Waals surface area (Å²) in [6, 6.07) is 0.417. The third-order valence-electron chi connectivity index (χ3n) is 4.74. The number of likely N-dealkylation sites (N-methyl/N-ethyl adjacent to an activating group) is 1. The minimum Gasteiger partial charge on any atom is -0.341 e. The van der Waals surface area contributed by atoms with Crippen molar-refractivity contribution in [2.75, 3.05) is 7.05 Å². The molecule has 2 saturated carbocycles. The van der Waals surface area contributed by atoms with Crippen LogP contribution in [-0.4, -0.2) is 29.4 Å². The number of hydrogen-bond donors (Lipinski definition) is 1. The Balaban J connectivity index is 1.94. The van der Waals surface area contributed by atoms with Crippen LogP contribution in [0.2, 0.25) is 0 Å². The lowest BCUT2D eigenvalue weighted by Crippen LogP contribution is -2.56. The molecule has 2 N–H and O–H groups in total. The van der Waals surface area contributed by atoms with Crippen molar-refractivity contribution in [1.82, 2.24) is 4.90 Å². The molecule has 0 aliphatic heterocycles. The Kier molecular flexibility index (Phi) is 3.48. The van der Waals surface area contributed by atoms with Gasteiger partial charge in [-0.1, -0.05) is 6.92 Å². The van der Waals surface area contributed by atoms with E-state index in [1.165, 1.54) is 12.8 Å². The largest absolute Gasteiger partial charge is 0.341 e. The van der Waals surface area contributed by atoms with E-state index in [4.69, 9.17) is 5.73 Å². The van der Waals surface area contributed by atoms with Crippen molar-refractivity contribution in [3.8, 4) is 0 Å². The molecule has 0 heterocycles. The van der Waals surface area contributed by atoms with Crippen LogP contribution < -0.4 is 5.73 Å². The third-order valence-corrected chi connectivity index (χ3v) is 4.74. The average molecular weight is 238 g/mol. The number of hydrogen-bond acceptors (Lipinski definition) is 2. The molecule has 1 atom stereocenters. The minimum absolute atomic E-state index is 0.152. The number of nitrogens with zero attached hydrogens (tertiary/aromatic N) is 1. The highest BCUT2D eigenvalue weighted by Crippen LogP contribution is 2.39. The molecule has 0 aromatic heterocycles. The monoisotopic (exact) mass is 238 g/mol. The molecular weight excluding hydrogens is 212 g/mol. The Hall–Kier alpha value is -0.570. The maximum absolute atomic E-state index is 12.4. The third kappa shape index (κ3) is 2.65. The first-order valence-electron chi connectivity index (χ1n) is 6.99. The van der Waals surface area contributed by atoms with Gasteiger partial charge in [0.1, 0.15) is 0 Å². The van der Waals surface area contributed by atoms with Crippen molar-refractivity contribution in [2.45, 2.75) is 64.0 Å². The van der Waals surface area contributed by atoms with Gasteiger partial charge in [0.25, 0.3) is 0 Å². The summed E-state index contributed by atoms with van der Waals surface area (Å²) in [6.07, 6.45) is 7.01. The summed E-state index contributed by atoms with van der Waals surface area (Å²) in [5.41, 5.74) is 5.58. The molecule has 0 aromatic carbocycles. The van der Waals surface area contributed by atoms with Crippen molar-refractivity contribution >= 4 is 5.91 Å². The van der Waals surface area contributed by atoms with E-state index >= 15 is 0 Å². The van der Waals surface area contributed by atoms with E-state index in [-0.39, 0.29) is 5.91 Å². The van der Waals surface area contributed by atoms with Gasteiger partial charge in [-0.05, 0) is 57.3 Å². The van der Waals surface area contributed by atoms with Crippen LogP contribution >= 0.6 is 0 Å². The zero-order valence-corrected chi connectivity index (χ0v) is 11.4. The van der Waals surface area contributed by atoms with Gasteiger partial charge in [-0.15, -0.1) is 0 Å². The number of carbonyl (C=O) groups excluding carboxylic acids is 1. The Labute approximate surface area is 105 Å². The second-order valence-electron chi connectivity index (χ2n) is 6.39. The molecule has 3 heteroatoms. The molecule has 0 spiro atoms. The molecule has 1 unspecified atom stereocenters. The molecule has 2 rings (SSSR count). The average Bonchev–Trinajstić information content (AvgIpc) is 3.12. The molecular formula is C14H26N2O. The molecule has 0 bridgehead atoms. The number of rotatable bonds is 3. The first-order valence-corrected chi connectivity index (χ1v) is 6.99. The van der Waals surface area contributed by atoms with Gasteiger partial charge in [-0.25, -0.2) is 0 Å². The smallest absolute Gasteiger partial charge is 0.242 e. The van der Waals surface area contributed by atoms with Crippen molar-refractivity contribution in [1.29, 1.82) is 0 Å². The highest BCUT2D eigenvalue weighted by atomic mass is 16.2. The number of nitrogens with two attached hydrogens (primary N) is 1. The Bertz CT molecular complexity index is 289. The molecule has 0 radical (unpaired) electrons. The summed E-state index contributed by atoms with van der Waals surface area (Å²) >= 11 is 0. The highest BCUT2D eigenvalue weighted by Gasteiger charge is 2.46. The van der Waals surface area contributed by atoms with Gasteiger partial charge in [-0.3, -0.25) is 4.79 Å². The van der Waals surface area contributed by atoms with E-state index in [9.17, 15) is 4.79 Å². The maximum Gasteiger partial charge on any atom is 0.242 e. The molecule has 1 amide bonds. The van der Waals surface area contributed by atoms with Crippen LogP contribution in [0.1, 0.15) is 52.4 Å². The first kappa shape index (κ1) is 12.9. The molecule has 0 saturated heterocycles. The lowest BCUT2D eigenvalue weighted by atomic mass is 9.85. The normalized spacial score (nSPS) is 32.9. The van der Waals surface area contributed by atoms with E-state index in [1.54, 1.807) is 0 Å². The standard InChI is InChI=1S/C14H26N2O/c1-10-4-8-12(9-5-10)16(3)13(17)14(2,15)11-6-7-11/h10-12H,4-9,15H2,1-3H3. The van der Waals surface area contributed by atoms with Gasteiger partial charge in [0.15, 0.2) is 0 Å². The highest BCUT2D eigenvalue weighted by molar-refractivity contribution is 5.86. The van der Waals surface area contributed by atoms with Gasteiger partial charge < -0.3 is 10.6 Å². The summed E-state index contributed by atoms with van der Waals surface area (Å²) in [5, 5.41) is 0. The SMILES string of the molecule is CC1CCC(N(C)C(=O)C(C)(N)C2CC2)CC1. The molecule has 3 nitrogen and oxygen atoms in total. The van der Waals surface area contributed by atoms with Crippen molar-refractivity contribution in [3.63, 3.8) is 0 Å². The van der Waals surface area contributed by atoms with Gasteiger partial charge in [-0.2, -0.15) is 0 Å².